The van der Waals surface area contributed by atoms with Crippen LogP contribution in [0.5, 0.6) is 11.5 Å². The number of halogens is 1. The van der Waals surface area contributed by atoms with Gasteiger partial charge in [-0.3, -0.25) is 14.7 Å². The first-order valence-electron chi connectivity index (χ1n) is 18.0. The maximum Gasteiger partial charge on any atom is 0.256 e. The van der Waals surface area contributed by atoms with Crippen molar-refractivity contribution < 1.29 is 14.3 Å². The quantitative estimate of drug-likeness (QED) is 0.267. The minimum absolute atomic E-state index is 0.0311. The summed E-state index contributed by atoms with van der Waals surface area (Å²) in [5, 5.41) is 0.808. The Morgan fingerprint density at radius 3 is 2.34 bits per heavy atom. The molecule has 0 spiro atoms. The number of nitrogens with zero attached hydrogens (tertiary/aromatic N) is 4. The second-order valence-electron chi connectivity index (χ2n) is 12.5. The van der Waals surface area contributed by atoms with E-state index in [0.717, 1.165) is 82.6 Å². The van der Waals surface area contributed by atoms with Crippen molar-refractivity contribution in [3.8, 4) is 11.5 Å². The number of methoxy groups -OCH3 is 1. The fraction of sp³-hybridized carbons (Fsp3) is 0.439. The summed E-state index contributed by atoms with van der Waals surface area (Å²) in [5.74, 6) is 2.60. The third-order valence-corrected chi connectivity index (χ3v) is 9.27. The molecule has 2 atom stereocenters. The van der Waals surface area contributed by atoms with Crippen molar-refractivity contribution in [2.75, 3.05) is 25.2 Å². The van der Waals surface area contributed by atoms with Crippen LogP contribution in [-0.2, 0) is 0 Å². The summed E-state index contributed by atoms with van der Waals surface area (Å²) < 4.78 is 11.1. The number of amides is 1. The molecule has 4 aliphatic rings. The van der Waals surface area contributed by atoms with Crippen molar-refractivity contribution in [2.24, 2.45) is 9.98 Å². The van der Waals surface area contributed by atoms with Crippen LogP contribution < -0.4 is 14.4 Å². The van der Waals surface area contributed by atoms with E-state index in [0.29, 0.717) is 17.9 Å². The molecular weight excluding hydrogens is 664 g/mol. The van der Waals surface area contributed by atoms with Gasteiger partial charge in [-0.2, -0.15) is 12.6 Å². The number of ether oxygens (including phenoxy) is 2. The van der Waals surface area contributed by atoms with Gasteiger partial charge in [-0.25, -0.2) is 4.99 Å². The molecule has 0 bridgehead atoms. The molecule has 1 saturated carbocycles. The van der Waals surface area contributed by atoms with Gasteiger partial charge in [-0.05, 0) is 107 Å². The van der Waals surface area contributed by atoms with Crippen LogP contribution in [-0.4, -0.2) is 49.2 Å². The zero-order chi connectivity index (χ0) is 36.5. The lowest BCUT2D eigenvalue weighted by Crippen LogP contribution is -2.35. The Bertz CT molecular complexity index is 1760. The number of thiol groups is 1. The van der Waals surface area contributed by atoms with Gasteiger partial charge >= 0.3 is 0 Å². The van der Waals surface area contributed by atoms with E-state index in [4.69, 9.17) is 26.1 Å². The molecule has 7 rings (SSSR count). The summed E-state index contributed by atoms with van der Waals surface area (Å²) in [6.45, 7) is 17.8. The number of aliphatic imine (C=N–C) groups is 2. The topological polar surface area (TPSA) is 66.7 Å². The first-order valence-corrected chi connectivity index (χ1v) is 18.9. The van der Waals surface area contributed by atoms with Crippen molar-refractivity contribution >= 4 is 64.9 Å². The molecule has 3 heterocycles. The Kier molecular flexibility index (Phi) is 14.0. The van der Waals surface area contributed by atoms with E-state index in [1.165, 1.54) is 17.7 Å². The smallest absolute Gasteiger partial charge is 0.256 e. The van der Waals surface area contributed by atoms with Gasteiger partial charge in [-0.1, -0.05) is 51.8 Å². The lowest BCUT2D eigenvalue weighted by molar-refractivity contribution is 0.0774. The predicted molar refractivity (Wildman–Crippen MR) is 215 cm³/mol. The summed E-state index contributed by atoms with van der Waals surface area (Å²) in [5.41, 5.74) is 9.29. The predicted octanol–water partition coefficient (Wildman–Crippen LogP) is 11.6. The summed E-state index contributed by atoms with van der Waals surface area (Å²) in [7, 11) is 1.62. The molecule has 2 unspecified atom stereocenters. The van der Waals surface area contributed by atoms with E-state index in [1.54, 1.807) is 13.2 Å². The van der Waals surface area contributed by atoms with Crippen molar-refractivity contribution in [3.63, 3.8) is 0 Å². The number of anilines is 1. The third kappa shape index (κ3) is 8.75. The second-order valence-corrected chi connectivity index (χ2v) is 13.7. The molecule has 3 aliphatic heterocycles. The standard InChI is InChI=1S/C21H21ClN2O.C15H18N2O2S.C3H8.C2H6/c1-4-25-17-9-10-20-18(12-17)21(15-6-7-15)24(14(3)23-20)16-8-5-13(2)19(22)11-16;1-9(20)11-6-13-12(7-14(11)19-2)15(18)17-5-3-4-10(17)8-16-13;1-3-2;1-2/h5,8-12H,4,6-7H2,1-3H3;6-10,20H,3-5H2,1-2H3;3H2,1-2H3;1-2H3. The number of fused-ring (bicyclic) bond motifs is 3. The highest BCUT2D eigenvalue weighted by Crippen LogP contribution is 2.47. The number of benzene rings is 3. The summed E-state index contributed by atoms with van der Waals surface area (Å²) in [6, 6.07) is 16.2. The number of carbonyl (C=O) groups is 1. The van der Waals surface area contributed by atoms with Gasteiger partial charge in [0.25, 0.3) is 5.91 Å². The van der Waals surface area contributed by atoms with E-state index in [2.05, 4.69) is 61.5 Å². The molecule has 3 aromatic carbocycles. The molecule has 0 radical (unpaired) electrons. The number of carbonyl (C=O) groups excluding carboxylic acids is 1. The van der Waals surface area contributed by atoms with Gasteiger partial charge in [0.1, 0.15) is 17.3 Å². The largest absolute Gasteiger partial charge is 0.496 e. The molecule has 9 heteroatoms. The van der Waals surface area contributed by atoms with Crippen LogP contribution in [0.3, 0.4) is 0 Å². The Balaban J connectivity index is 0.000000203. The van der Waals surface area contributed by atoms with Crippen LogP contribution in [0.2, 0.25) is 5.02 Å². The van der Waals surface area contributed by atoms with E-state index in [1.807, 2.05) is 70.0 Å². The SMILES string of the molecule is CC.CCC.CCOc1ccc2c(c1)C(=C1CC1)N(c1ccc(C)c(Cl)c1)C(C)=N2.COc1cc2c(cc1C(C)S)N=CC1CCCN1C2=O. The van der Waals surface area contributed by atoms with Gasteiger partial charge in [0.2, 0.25) is 0 Å². The van der Waals surface area contributed by atoms with Crippen LogP contribution in [0.1, 0.15) is 113 Å². The van der Waals surface area contributed by atoms with Gasteiger partial charge in [0, 0.05) is 39.8 Å². The number of aryl methyl sites for hydroxylation is 1. The zero-order valence-corrected chi connectivity index (χ0v) is 32.8. The van der Waals surface area contributed by atoms with Gasteiger partial charge in [0.15, 0.2) is 0 Å². The van der Waals surface area contributed by atoms with Gasteiger partial charge in [0.05, 0.1) is 42.4 Å². The first-order chi connectivity index (χ1) is 24.1. The monoisotopic (exact) mass is 716 g/mol. The summed E-state index contributed by atoms with van der Waals surface area (Å²) in [4.78, 5) is 26.1. The maximum absolute atomic E-state index is 12.6. The number of amidine groups is 1. The van der Waals surface area contributed by atoms with Gasteiger partial charge in [-0.15, -0.1) is 0 Å². The Labute approximate surface area is 309 Å². The molecule has 1 amide bonds. The maximum atomic E-state index is 12.6. The van der Waals surface area contributed by atoms with Crippen LogP contribution in [0.25, 0.3) is 5.70 Å². The first kappa shape index (κ1) is 39.0. The van der Waals surface area contributed by atoms with Crippen molar-refractivity contribution in [1.82, 2.24) is 4.90 Å². The van der Waals surface area contributed by atoms with Crippen molar-refractivity contribution in [1.29, 1.82) is 0 Å². The average Bonchev–Trinajstić information content (AvgIpc) is 3.87. The van der Waals surface area contributed by atoms with E-state index in [-0.39, 0.29) is 17.2 Å². The van der Waals surface area contributed by atoms with Crippen molar-refractivity contribution in [3.05, 3.63) is 81.4 Å². The highest BCUT2D eigenvalue weighted by Gasteiger charge is 2.33. The lowest BCUT2D eigenvalue weighted by atomic mass is 10.0. The molecule has 50 heavy (non-hydrogen) atoms. The zero-order valence-electron chi connectivity index (χ0n) is 31.1. The molecule has 268 valence electrons. The highest BCUT2D eigenvalue weighted by molar-refractivity contribution is 7.80. The van der Waals surface area contributed by atoms with Crippen LogP contribution >= 0.6 is 24.2 Å². The fourth-order valence-electron chi connectivity index (χ4n) is 6.14. The number of hydrogen-bond acceptors (Lipinski definition) is 7. The van der Waals surface area contributed by atoms with E-state index >= 15 is 0 Å². The molecular formula is C41H53ClN4O3S. The third-order valence-electron chi connectivity index (χ3n) is 8.59. The van der Waals surface area contributed by atoms with Crippen LogP contribution in [0.4, 0.5) is 17.1 Å². The lowest BCUT2D eigenvalue weighted by Gasteiger charge is -2.32. The minimum Gasteiger partial charge on any atom is -0.496 e. The molecule has 7 nitrogen and oxygen atoms in total. The van der Waals surface area contributed by atoms with Crippen LogP contribution in [0, 0.1) is 6.92 Å². The van der Waals surface area contributed by atoms with Gasteiger partial charge < -0.3 is 14.4 Å². The normalized spacial score (nSPS) is 17.3. The second kappa shape index (κ2) is 18.0. The Hall–Kier alpha value is -3.75. The molecule has 1 aliphatic carbocycles. The molecule has 0 aromatic heterocycles. The molecule has 1 saturated heterocycles. The summed E-state index contributed by atoms with van der Waals surface area (Å²) >= 11 is 10.9. The Morgan fingerprint density at radius 1 is 1.00 bits per heavy atom. The Morgan fingerprint density at radius 2 is 1.72 bits per heavy atom. The molecule has 3 aromatic rings. The summed E-state index contributed by atoms with van der Waals surface area (Å²) in [6.07, 6.45) is 7.46. The van der Waals surface area contributed by atoms with E-state index < -0.39 is 0 Å². The fourth-order valence-corrected chi connectivity index (χ4v) is 6.51. The van der Waals surface area contributed by atoms with E-state index in [9.17, 15) is 4.79 Å². The number of hydrogen-bond donors (Lipinski definition) is 1. The number of allylic oxidation sites excluding steroid dienone is 1. The minimum atomic E-state index is 0.0311. The molecule has 0 N–H and O–H groups in total. The number of rotatable bonds is 5. The molecule has 2 fully saturated rings. The highest BCUT2D eigenvalue weighted by atomic mass is 35.5. The van der Waals surface area contributed by atoms with Crippen LogP contribution in [0.15, 0.2) is 64.1 Å². The average molecular weight is 717 g/mol. The van der Waals surface area contributed by atoms with Crippen molar-refractivity contribution in [2.45, 2.75) is 98.8 Å².